The Morgan fingerprint density at radius 3 is 2.67 bits per heavy atom. The molecule has 5 nitrogen and oxygen atoms in total. The number of amides is 1. The number of hydrogen-bond donors (Lipinski definition) is 2. The molecule has 1 aromatic heterocycles. The van der Waals surface area contributed by atoms with Crippen LogP contribution in [0.5, 0.6) is 0 Å². The van der Waals surface area contributed by atoms with Gasteiger partial charge < -0.3 is 9.32 Å². The van der Waals surface area contributed by atoms with E-state index in [9.17, 15) is 4.79 Å². The summed E-state index contributed by atoms with van der Waals surface area (Å²) in [4.78, 5) is 13.7. The lowest BCUT2D eigenvalue weighted by Crippen LogP contribution is -3.10. The fourth-order valence-corrected chi connectivity index (χ4v) is 3.44. The van der Waals surface area contributed by atoms with Gasteiger partial charge in [0.15, 0.2) is 0 Å². The van der Waals surface area contributed by atoms with Crippen LogP contribution in [-0.2, 0) is 19.5 Å². The van der Waals surface area contributed by atoms with Crippen LogP contribution in [0.4, 0.5) is 0 Å². The van der Waals surface area contributed by atoms with Crippen LogP contribution in [0.25, 0.3) is 0 Å². The first-order valence-corrected chi connectivity index (χ1v) is 9.14. The molecule has 1 aliphatic rings. The molecule has 1 aliphatic heterocycles. The lowest BCUT2D eigenvalue weighted by Gasteiger charge is -2.26. The van der Waals surface area contributed by atoms with Gasteiger partial charge in [0.1, 0.15) is 18.8 Å². The highest BCUT2D eigenvalue weighted by atomic mass is 16.3. The second-order valence-corrected chi connectivity index (χ2v) is 6.78. The van der Waals surface area contributed by atoms with Crippen molar-refractivity contribution in [2.45, 2.75) is 19.5 Å². The molecule has 2 aromatic carbocycles. The van der Waals surface area contributed by atoms with Crippen LogP contribution >= 0.6 is 0 Å². The van der Waals surface area contributed by atoms with Crippen molar-refractivity contribution in [3.05, 3.63) is 94.9 Å². The molecule has 27 heavy (non-hydrogen) atoms. The molecule has 2 heterocycles. The molecule has 5 heteroatoms. The van der Waals surface area contributed by atoms with Gasteiger partial charge in [-0.15, -0.1) is 0 Å². The number of carbonyl (C=O) groups excluding carboxylic acids is 1. The highest BCUT2D eigenvalue weighted by Gasteiger charge is 2.19. The van der Waals surface area contributed by atoms with Crippen LogP contribution in [0.1, 0.15) is 32.8 Å². The lowest BCUT2D eigenvalue weighted by atomic mass is 9.99. The minimum atomic E-state index is -0.233. The molecule has 3 aromatic rings. The summed E-state index contributed by atoms with van der Waals surface area (Å²) in [5.74, 6) is 0.361. The van der Waals surface area contributed by atoms with Crippen LogP contribution in [-0.4, -0.2) is 18.7 Å². The van der Waals surface area contributed by atoms with Crippen LogP contribution in [0.3, 0.4) is 0 Å². The zero-order chi connectivity index (χ0) is 18.5. The SMILES string of the molecule is O=C(NN=Cc1ccco1)c1ccc(C[NH+]2CCc3ccccc3C2)cc1. The standard InChI is InChI=1S/C22H21N3O2/c26-22(24-23-14-21-6-3-13-27-21)19-9-7-17(8-10-19)15-25-12-11-18-4-1-2-5-20(18)16-25/h1-10,13-14H,11-12,15-16H2,(H,24,26)/p+1. The van der Waals surface area contributed by atoms with Crippen molar-refractivity contribution in [3.63, 3.8) is 0 Å². The van der Waals surface area contributed by atoms with Crippen molar-refractivity contribution in [1.82, 2.24) is 5.43 Å². The summed E-state index contributed by atoms with van der Waals surface area (Å²) in [6.07, 6.45) is 4.16. The summed E-state index contributed by atoms with van der Waals surface area (Å²) in [5, 5.41) is 3.91. The van der Waals surface area contributed by atoms with Crippen molar-refractivity contribution < 1.29 is 14.1 Å². The van der Waals surface area contributed by atoms with Gasteiger partial charge in [-0.05, 0) is 29.8 Å². The molecule has 0 spiro atoms. The summed E-state index contributed by atoms with van der Waals surface area (Å²) in [6, 6.07) is 20.0. The van der Waals surface area contributed by atoms with Gasteiger partial charge >= 0.3 is 0 Å². The number of hydrogen-bond acceptors (Lipinski definition) is 3. The summed E-state index contributed by atoms with van der Waals surface area (Å²) < 4.78 is 5.13. The third-order valence-corrected chi connectivity index (χ3v) is 4.88. The third kappa shape index (κ3) is 4.33. The molecular weight excluding hydrogens is 338 g/mol. The second-order valence-electron chi connectivity index (χ2n) is 6.78. The fourth-order valence-electron chi connectivity index (χ4n) is 3.44. The van der Waals surface area contributed by atoms with Crippen molar-refractivity contribution in [2.75, 3.05) is 6.54 Å². The van der Waals surface area contributed by atoms with E-state index in [0.29, 0.717) is 11.3 Å². The van der Waals surface area contributed by atoms with E-state index in [1.54, 1.807) is 23.3 Å². The van der Waals surface area contributed by atoms with Gasteiger partial charge in [-0.3, -0.25) is 4.79 Å². The van der Waals surface area contributed by atoms with Gasteiger partial charge in [0.25, 0.3) is 5.91 Å². The molecule has 1 atom stereocenters. The zero-order valence-corrected chi connectivity index (χ0v) is 15.0. The summed E-state index contributed by atoms with van der Waals surface area (Å²) in [5.41, 5.74) is 7.27. The highest BCUT2D eigenvalue weighted by molar-refractivity contribution is 5.94. The van der Waals surface area contributed by atoms with Crippen LogP contribution < -0.4 is 10.3 Å². The number of nitrogens with one attached hydrogen (secondary N) is 2. The van der Waals surface area contributed by atoms with E-state index < -0.39 is 0 Å². The zero-order valence-electron chi connectivity index (χ0n) is 15.0. The van der Waals surface area contributed by atoms with E-state index in [-0.39, 0.29) is 5.91 Å². The maximum atomic E-state index is 12.2. The molecule has 2 N–H and O–H groups in total. The summed E-state index contributed by atoms with van der Waals surface area (Å²) >= 11 is 0. The first-order chi connectivity index (χ1) is 13.3. The highest BCUT2D eigenvalue weighted by Crippen LogP contribution is 2.11. The number of benzene rings is 2. The smallest absolute Gasteiger partial charge is 0.271 e. The van der Waals surface area contributed by atoms with Crippen LogP contribution in [0.2, 0.25) is 0 Å². The number of carbonyl (C=O) groups is 1. The molecule has 0 radical (unpaired) electrons. The fraction of sp³-hybridized carbons (Fsp3) is 0.182. The van der Waals surface area contributed by atoms with E-state index >= 15 is 0 Å². The first-order valence-electron chi connectivity index (χ1n) is 9.14. The first kappa shape index (κ1) is 17.2. The van der Waals surface area contributed by atoms with Crippen molar-refractivity contribution in [1.29, 1.82) is 0 Å². The van der Waals surface area contributed by atoms with Gasteiger partial charge in [0.2, 0.25) is 0 Å². The number of nitrogens with zero attached hydrogens (tertiary/aromatic N) is 1. The van der Waals surface area contributed by atoms with E-state index in [4.69, 9.17) is 4.42 Å². The molecule has 0 saturated heterocycles. The second kappa shape index (κ2) is 8.01. The Hall–Kier alpha value is -3.18. The Morgan fingerprint density at radius 2 is 1.89 bits per heavy atom. The molecule has 0 saturated carbocycles. The Morgan fingerprint density at radius 1 is 1.07 bits per heavy atom. The quantitative estimate of drug-likeness (QED) is 0.541. The summed E-state index contributed by atoms with van der Waals surface area (Å²) in [7, 11) is 0. The number of furan rings is 1. The van der Waals surface area contributed by atoms with Crippen LogP contribution in [0, 0.1) is 0 Å². The van der Waals surface area contributed by atoms with Gasteiger partial charge in [-0.2, -0.15) is 5.10 Å². The third-order valence-electron chi connectivity index (χ3n) is 4.88. The Labute approximate surface area is 158 Å². The molecule has 1 amide bonds. The minimum Gasteiger partial charge on any atom is -0.463 e. The molecule has 4 rings (SSSR count). The molecule has 0 bridgehead atoms. The van der Waals surface area contributed by atoms with Gasteiger partial charge in [0, 0.05) is 23.1 Å². The molecule has 0 fully saturated rings. The normalized spacial score (nSPS) is 16.2. The van der Waals surface area contributed by atoms with Crippen LogP contribution in [0.15, 0.2) is 76.4 Å². The largest absolute Gasteiger partial charge is 0.463 e. The monoisotopic (exact) mass is 360 g/mol. The van der Waals surface area contributed by atoms with Crippen molar-refractivity contribution in [3.8, 4) is 0 Å². The predicted molar refractivity (Wildman–Crippen MR) is 104 cm³/mol. The maximum Gasteiger partial charge on any atom is 0.271 e. The number of fused-ring (bicyclic) bond motifs is 1. The predicted octanol–water partition coefficient (Wildman–Crippen LogP) is 2.18. The number of rotatable bonds is 5. The van der Waals surface area contributed by atoms with E-state index in [0.717, 1.165) is 26.1 Å². The average molecular weight is 360 g/mol. The molecule has 0 aliphatic carbocycles. The van der Waals surface area contributed by atoms with Gasteiger partial charge in [-0.25, -0.2) is 5.43 Å². The number of quaternary nitrogens is 1. The van der Waals surface area contributed by atoms with E-state index in [1.807, 2.05) is 24.3 Å². The van der Waals surface area contributed by atoms with Gasteiger partial charge in [-0.1, -0.05) is 36.4 Å². The van der Waals surface area contributed by atoms with E-state index in [1.165, 1.54) is 22.9 Å². The minimum absolute atomic E-state index is 0.233. The Balaban J connectivity index is 1.33. The topological polar surface area (TPSA) is 59.0 Å². The Bertz CT molecular complexity index is 930. The average Bonchev–Trinajstić information content (AvgIpc) is 3.22. The summed E-state index contributed by atoms with van der Waals surface area (Å²) in [6.45, 7) is 3.16. The lowest BCUT2D eigenvalue weighted by molar-refractivity contribution is -0.929. The van der Waals surface area contributed by atoms with Gasteiger partial charge in [0.05, 0.1) is 19.0 Å². The van der Waals surface area contributed by atoms with Crippen molar-refractivity contribution in [2.24, 2.45) is 5.10 Å². The molecule has 136 valence electrons. The molecular formula is C22H22N3O2+. The Kier molecular flexibility index (Phi) is 5.12. The number of hydrazone groups is 1. The van der Waals surface area contributed by atoms with E-state index in [2.05, 4.69) is 34.8 Å². The van der Waals surface area contributed by atoms with Crippen molar-refractivity contribution >= 4 is 12.1 Å². The molecule has 1 unspecified atom stereocenters. The maximum absolute atomic E-state index is 12.2.